The number of allylic oxidation sites excluding steroid dienone is 2. The third kappa shape index (κ3) is 5.80. The van der Waals surface area contributed by atoms with Crippen LogP contribution in [0.15, 0.2) is 55.1 Å². The van der Waals surface area contributed by atoms with Crippen molar-refractivity contribution in [1.29, 1.82) is 0 Å². The van der Waals surface area contributed by atoms with E-state index in [-0.39, 0.29) is 35.2 Å². The third-order valence-corrected chi connectivity index (χ3v) is 7.39. The van der Waals surface area contributed by atoms with Crippen LogP contribution in [0.2, 0.25) is 0 Å². The summed E-state index contributed by atoms with van der Waals surface area (Å²) in [6.07, 6.45) is 11.2. The molecule has 35 heavy (non-hydrogen) atoms. The first-order chi connectivity index (χ1) is 16.9. The van der Waals surface area contributed by atoms with E-state index in [1.807, 2.05) is 13.0 Å². The molecular weight excluding hydrogens is 453 g/mol. The quantitative estimate of drug-likeness (QED) is 0.229. The Morgan fingerprint density at radius 3 is 2.40 bits per heavy atom. The van der Waals surface area contributed by atoms with E-state index in [0.717, 1.165) is 56.7 Å². The van der Waals surface area contributed by atoms with Crippen LogP contribution >= 0.6 is 0 Å². The van der Waals surface area contributed by atoms with Crippen LogP contribution in [0.4, 0.5) is 13.2 Å². The normalized spacial score (nSPS) is 24.1. The summed E-state index contributed by atoms with van der Waals surface area (Å²) in [5.41, 5.74) is -0.197. The Kier molecular flexibility index (Phi) is 7.99. The van der Waals surface area contributed by atoms with Crippen molar-refractivity contribution in [2.75, 3.05) is 6.61 Å². The van der Waals surface area contributed by atoms with Crippen molar-refractivity contribution in [3.63, 3.8) is 0 Å². The predicted molar refractivity (Wildman–Crippen MR) is 129 cm³/mol. The van der Waals surface area contributed by atoms with Gasteiger partial charge in [0, 0.05) is 11.6 Å². The maximum atomic E-state index is 15.1. The van der Waals surface area contributed by atoms with E-state index in [4.69, 9.17) is 9.47 Å². The van der Waals surface area contributed by atoms with Gasteiger partial charge in [-0.05, 0) is 93.4 Å². The molecule has 4 rings (SSSR count). The molecular formula is C29H31F3O3. The molecule has 2 aliphatic rings. The van der Waals surface area contributed by atoms with Crippen LogP contribution in [0.1, 0.15) is 67.3 Å². The van der Waals surface area contributed by atoms with Crippen LogP contribution in [0.3, 0.4) is 0 Å². The maximum Gasteiger partial charge on any atom is 0.343 e. The monoisotopic (exact) mass is 484 g/mol. The van der Waals surface area contributed by atoms with Crippen LogP contribution in [-0.4, -0.2) is 12.6 Å². The van der Waals surface area contributed by atoms with Crippen molar-refractivity contribution in [3.8, 4) is 11.5 Å². The molecule has 0 saturated heterocycles. The number of benzene rings is 2. The van der Waals surface area contributed by atoms with Crippen molar-refractivity contribution >= 4 is 5.97 Å². The summed E-state index contributed by atoms with van der Waals surface area (Å²) < 4.78 is 54.7. The highest BCUT2D eigenvalue weighted by molar-refractivity contribution is 5.91. The zero-order valence-corrected chi connectivity index (χ0v) is 19.9. The molecule has 6 heteroatoms. The number of fused-ring (bicyclic) bond motifs is 1. The molecule has 0 aliphatic heterocycles. The second kappa shape index (κ2) is 11.1. The highest BCUT2D eigenvalue weighted by Crippen LogP contribution is 2.48. The molecule has 0 spiro atoms. The van der Waals surface area contributed by atoms with Gasteiger partial charge in [-0.1, -0.05) is 18.2 Å². The molecule has 0 aromatic heterocycles. The van der Waals surface area contributed by atoms with E-state index in [2.05, 4.69) is 6.58 Å². The minimum absolute atomic E-state index is 0.0111. The summed E-state index contributed by atoms with van der Waals surface area (Å²) in [7, 11) is 0. The first-order valence-electron chi connectivity index (χ1n) is 12.3. The van der Waals surface area contributed by atoms with Crippen LogP contribution in [0.25, 0.3) is 0 Å². The van der Waals surface area contributed by atoms with Gasteiger partial charge in [-0.3, -0.25) is 0 Å². The SMILES string of the molecule is C=CC1CCC2CC(c3c(F)cc(C(=O)Oc4ccc(OC/C=C/C)c(F)c4)cc3F)CCC2C1. The summed E-state index contributed by atoms with van der Waals surface area (Å²) in [4.78, 5) is 12.5. The Morgan fingerprint density at radius 2 is 1.71 bits per heavy atom. The van der Waals surface area contributed by atoms with Gasteiger partial charge in [0.2, 0.25) is 0 Å². The fourth-order valence-corrected chi connectivity index (χ4v) is 5.56. The van der Waals surface area contributed by atoms with Gasteiger partial charge in [-0.25, -0.2) is 18.0 Å². The Bertz CT molecular complexity index is 1090. The molecule has 0 amide bonds. The van der Waals surface area contributed by atoms with Gasteiger partial charge in [0.15, 0.2) is 11.6 Å². The number of hydrogen-bond donors (Lipinski definition) is 0. The minimum Gasteiger partial charge on any atom is -0.486 e. The summed E-state index contributed by atoms with van der Waals surface area (Å²) in [6, 6.07) is 5.75. The molecule has 3 nitrogen and oxygen atoms in total. The molecule has 2 aromatic carbocycles. The predicted octanol–water partition coefficient (Wildman–Crippen LogP) is 7.76. The van der Waals surface area contributed by atoms with E-state index in [1.54, 1.807) is 12.2 Å². The lowest BCUT2D eigenvalue weighted by atomic mass is 9.64. The third-order valence-electron chi connectivity index (χ3n) is 7.39. The van der Waals surface area contributed by atoms with Crippen LogP contribution < -0.4 is 9.47 Å². The van der Waals surface area contributed by atoms with Crippen LogP contribution in [-0.2, 0) is 0 Å². The fourth-order valence-electron chi connectivity index (χ4n) is 5.56. The summed E-state index contributed by atoms with van der Waals surface area (Å²) in [5, 5.41) is 0. The minimum atomic E-state index is -0.956. The van der Waals surface area contributed by atoms with Gasteiger partial charge in [0.25, 0.3) is 0 Å². The number of rotatable bonds is 7. The lowest BCUT2D eigenvalue weighted by molar-refractivity contribution is 0.0732. The van der Waals surface area contributed by atoms with Gasteiger partial charge in [0.05, 0.1) is 5.56 Å². The number of ether oxygens (including phenoxy) is 2. The van der Waals surface area contributed by atoms with Crippen LogP contribution in [0.5, 0.6) is 11.5 Å². The molecule has 4 atom stereocenters. The largest absolute Gasteiger partial charge is 0.486 e. The average Bonchev–Trinajstić information content (AvgIpc) is 2.84. The maximum absolute atomic E-state index is 15.1. The van der Waals surface area contributed by atoms with Crippen molar-refractivity contribution in [1.82, 2.24) is 0 Å². The molecule has 0 heterocycles. The molecule has 0 N–H and O–H groups in total. The highest BCUT2D eigenvalue weighted by atomic mass is 19.1. The van der Waals surface area contributed by atoms with Crippen molar-refractivity contribution < 1.29 is 27.4 Å². The first-order valence-corrected chi connectivity index (χ1v) is 12.3. The lowest BCUT2D eigenvalue weighted by Gasteiger charge is -2.41. The Morgan fingerprint density at radius 1 is 1.00 bits per heavy atom. The fraction of sp³-hybridized carbons (Fsp3) is 0.414. The van der Waals surface area contributed by atoms with E-state index in [1.165, 1.54) is 12.1 Å². The van der Waals surface area contributed by atoms with Gasteiger partial charge in [-0.2, -0.15) is 0 Å². The second-order valence-corrected chi connectivity index (χ2v) is 9.55. The van der Waals surface area contributed by atoms with Crippen molar-refractivity contribution in [3.05, 3.63) is 83.7 Å². The average molecular weight is 485 g/mol. The molecule has 2 fully saturated rings. The molecule has 0 radical (unpaired) electrons. The number of esters is 1. The van der Waals surface area contributed by atoms with E-state index in [9.17, 15) is 9.18 Å². The van der Waals surface area contributed by atoms with Gasteiger partial charge in [-0.15, -0.1) is 6.58 Å². The van der Waals surface area contributed by atoms with Crippen molar-refractivity contribution in [2.24, 2.45) is 17.8 Å². The highest BCUT2D eigenvalue weighted by Gasteiger charge is 2.37. The number of carbonyl (C=O) groups is 1. The Labute approximate surface area is 204 Å². The summed E-state index contributed by atoms with van der Waals surface area (Å²) >= 11 is 0. The smallest absolute Gasteiger partial charge is 0.343 e. The topological polar surface area (TPSA) is 35.5 Å². The lowest BCUT2D eigenvalue weighted by Crippen LogP contribution is -2.30. The first kappa shape index (κ1) is 25.1. The summed E-state index contributed by atoms with van der Waals surface area (Å²) in [6.45, 7) is 5.94. The van der Waals surface area contributed by atoms with E-state index in [0.29, 0.717) is 17.8 Å². The number of halogens is 3. The molecule has 4 unspecified atom stereocenters. The zero-order valence-electron chi connectivity index (χ0n) is 19.9. The van der Waals surface area contributed by atoms with E-state index >= 15 is 8.78 Å². The second-order valence-electron chi connectivity index (χ2n) is 9.55. The van der Waals surface area contributed by atoms with Gasteiger partial charge < -0.3 is 9.47 Å². The molecule has 186 valence electrons. The molecule has 0 bridgehead atoms. The van der Waals surface area contributed by atoms with E-state index < -0.39 is 23.4 Å². The number of hydrogen-bond acceptors (Lipinski definition) is 3. The standard InChI is InChI=1S/C29H31F3O3/c1-3-5-12-34-27-11-10-23(17-24(27)30)35-29(33)22-15-25(31)28(26(32)16-22)21-9-8-19-13-18(4-2)6-7-20(19)14-21/h3-5,10-11,15-21H,2,6-9,12-14H2,1H3/b5-3+. The molecule has 2 saturated carbocycles. The van der Waals surface area contributed by atoms with Crippen molar-refractivity contribution in [2.45, 2.75) is 51.4 Å². The summed E-state index contributed by atoms with van der Waals surface area (Å²) in [5.74, 6) is -1.81. The Hall–Kier alpha value is -3.02. The molecule has 2 aromatic rings. The molecule has 2 aliphatic carbocycles. The van der Waals surface area contributed by atoms with Gasteiger partial charge in [0.1, 0.15) is 24.0 Å². The number of carbonyl (C=O) groups excluding carboxylic acids is 1. The van der Waals surface area contributed by atoms with Gasteiger partial charge >= 0.3 is 5.97 Å². The zero-order chi connectivity index (χ0) is 24.9. The Balaban J connectivity index is 1.43. The van der Waals surface area contributed by atoms with Crippen LogP contribution in [0, 0.1) is 35.2 Å².